The Morgan fingerprint density at radius 1 is 1.10 bits per heavy atom. The van der Waals surface area contributed by atoms with Crippen LogP contribution in [0, 0.1) is 11.6 Å². The molecule has 11 heteroatoms. The van der Waals surface area contributed by atoms with Gasteiger partial charge in [-0.2, -0.15) is 0 Å². The van der Waals surface area contributed by atoms with Gasteiger partial charge in [0.05, 0.1) is 22.9 Å². The van der Waals surface area contributed by atoms with E-state index in [0.29, 0.717) is 17.1 Å². The molecular weight excluding hydrogens is 416 g/mol. The van der Waals surface area contributed by atoms with Crippen LogP contribution in [0.1, 0.15) is 22.9 Å². The first-order valence-electron chi connectivity index (χ1n) is 8.92. The Hall–Kier alpha value is -3.73. The predicted octanol–water partition coefficient (Wildman–Crippen LogP) is 3.28. The van der Waals surface area contributed by atoms with E-state index in [9.17, 15) is 22.7 Å². The van der Waals surface area contributed by atoms with Gasteiger partial charge in [0.2, 0.25) is 0 Å². The van der Waals surface area contributed by atoms with Gasteiger partial charge in [0.25, 0.3) is 6.43 Å². The SMILES string of the molecule is C=Cc1ccc2nc(C(n3cnnn3)C(O)(c3ccc(F)cc3F)C(F)F)cnc2c1. The van der Waals surface area contributed by atoms with Crippen molar-refractivity contribution in [2.24, 2.45) is 0 Å². The van der Waals surface area contributed by atoms with Crippen molar-refractivity contribution in [2.45, 2.75) is 18.1 Å². The minimum absolute atomic E-state index is 0.155. The van der Waals surface area contributed by atoms with Crippen LogP contribution >= 0.6 is 0 Å². The van der Waals surface area contributed by atoms with Gasteiger partial charge in [0, 0.05) is 11.6 Å². The molecule has 0 aliphatic carbocycles. The fourth-order valence-electron chi connectivity index (χ4n) is 3.35. The summed E-state index contributed by atoms with van der Waals surface area (Å²) in [6, 6.07) is 5.12. The Morgan fingerprint density at radius 3 is 2.55 bits per heavy atom. The van der Waals surface area contributed by atoms with Gasteiger partial charge in [-0.1, -0.05) is 18.7 Å². The third kappa shape index (κ3) is 3.52. The number of rotatable bonds is 6. The molecule has 2 aromatic carbocycles. The molecule has 0 fully saturated rings. The summed E-state index contributed by atoms with van der Waals surface area (Å²) in [4.78, 5) is 8.55. The number of fused-ring (bicyclic) bond motifs is 1. The van der Waals surface area contributed by atoms with Gasteiger partial charge in [-0.3, -0.25) is 4.98 Å². The topological polar surface area (TPSA) is 89.6 Å². The minimum atomic E-state index is -3.53. The molecule has 158 valence electrons. The van der Waals surface area contributed by atoms with Gasteiger partial charge in [0.1, 0.15) is 24.0 Å². The largest absolute Gasteiger partial charge is 0.377 e. The minimum Gasteiger partial charge on any atom is -0.377 e. The van der Waals surface area contributed by atoms with Crippen LogP contribution in [0.25, 0.3) is 17.1 Å². The van der Waals surface area contributed by atoms with Gasteiger partial charge in [-0.15, -0.1) is 5.10 Å². The molecule has 0 aliphatic heterocycles. The molecule has 0 amide bonds. The van der Waals surface area contributed by atoms with Crippen LogP contribution in [-0.4, -0.2) is 41.7 Å². The lowest BCUT2D eigenvalue weighted by atomic mass is 9.84. The lowest BCUT2D eigenvalue weighted by molar-refractivity contribution is -0.131. The smallest absolute Gasteiger partial charge is 0.273 e. The van der Waals surface area contributed by atoms with Crippen LogP contribution in [-0.2, 0) is 5.60 Å². The van der Waals surface area contributed by atoms with Crippen LogP contribution in [0.5, 0.6) is 0 Å². The molecule has 0 radical (unpaired) electrons. The highest BCUT2D eigenvalue weighted by Gasteiger charge is 2.52. The molecule has 2 atom stereocenters. The lowest BCUT2D eigenvalue weighted by Gasteiger charge is -2.35. The van der Waals surface area contributed by atoms with E-state index in [4.69, 9.17) is 0 Å². The summed E-state index contributed by atoms with van der Waals surface area (Å²) in [5.41, 5.74) is -2.64. The van der Waals surface area contributed by atoms with Crippen molar-refractivity contribution in [2.75, 3.05) is 0 Å². The summed E-state index contributed by atoms with van der Waals surface area (Å²) in [6.45, 7) is 3.66. The number of aromatic nitrogens is 6. The highest BCUT2D eigenvalue weighted by Crippen LogP contribution is 2.43. The predicted molar refractivity (Wildman–Crippen MR) is 102 cm³/mol. The molecule has 0 saturated heterocycles. The first-order valence-corrected chi connectivity index (χ1v) is 8.92. The maximum Gasteiger partial charge on any atom is 0.273 e. The van der Waals surface area contributed by atoms with Crippen molar-refractivity contribution >= 4 is 17.1 Å². The molecule has 2 aromatic heterocycles. The van der Waals surface area contributed by atoms with E-state index in [-0.39, 0.29) is 5.69 Å². The Balaban J connectivity index is 1.96. The number of hydrogen-bond donors (Lipinski definition) is 1. The summed E-state index contributed by atoms with van der Waals surface area (Å²) in [5.74, 6) is -2.34. The van der Waals surface area contributed by atoms with E-state index in [2.05, 4.69) is 32.1 Å². The van der Waals surface area contributed by atoms with Crippen molar-refractivity contribution in [1.29, 1.82) is 0 Å². The average Bonchev–Trinajstić information content (AvgIpc) is 3.27. The monoisotopic (exact) mass is 430 g/mol. The molecule has 0 saturated carbocycles. The Kier molecular flexibility index (Phi) is 5.19. The zero-order valence-electron chi connectivity index (χ0n) is 15.7. The van der Waals surface area contributed by atoms with Crippen molar-refractivity contribution in [3.8, 4) is 0 Å². The maximum absolute atomic E-state index is 14.5. The van der Waals surface area contributed by atoms with Gasteiger partial charge < -0.3 is 5.11 Å². The highest BCUT2D eigenvalue weighted by atomic mass is 19.3. The lowest BCUT2D eigenvalue weighted by Crippen LogP contribution is -2.45. The van der Waals surface area contributed by atoms with Crippen molar-refractivity contribution in [1.82, 2.24) is 30.2 Å². The number of tetrazole rings is 1. The fourth-order valence-corrected chi connectivity index (χ4v) is 3.35. The number of aliphatic hydroxyl groups is 1. The molecule has 2 heterocycles. The van der Waals surface area contributed by atoms with Crippen molar-refractivity contribution in [3.05, 3.63) is 84.0 Å². The zero-order valence-corrected chi connectivity index (χ0v) is 15.7. The van der Waals surface area contributed by atoms with E-state index < -0.39 is 35.3 Å². The molecule has 1 N–H and O–H groups in total. The van der Waals surface area contributed by atoms with E-state index in [1.807, 2.05) is 0 Å². The summed E-state index contributed by atoms with van der Waals surface area (Å²) in [6.07, 6.45) is 0.219. The van der Waals surface area contributed by atoms with Crippen LogP contribution in [0.4, 0.5) is 17.6 Å². The first kappa shape index (κ1) is 20.5. The molecule has 0 aliphatic rings. The van der Waals surface area contributed by atoms with E-state index in [0.717, 1.165) is 34.9 Å². The number of alkyl halides is 2. The van der Waals surface area contributed by atoms with Gasteiger partial charge in [0.15, 0.2) is 5.60 Å². The second-order valence-corrected chi connectivity index (χ2v) is 6.69. The summed E-state index contributed by atoms with van der Waals surface area (Å²) >= 11 is 0. The van der Waals surface area contributed by atoms with Crippen LogP contribution in [0.3, 0.4) is 0 Å². The van der Waals surface area contributed by atoms with Crippen molar-refractivity contribution in [3.63, 3.8) is 0 Å². The molecular formula is C20H14F4N6O. The quantitative estimate of drug-likeness (QED) is 0.473. The standard InChI is InChI=1S/C20H14F4N6O/c1-2-11-3-6-15-16(7-11)25-9-17(27-15)18(30-10-26-28-29-30)20(31,19(23)24)13-5-4-12(21)8-14(13)22/h2-10,18-19,31H,1H2. The normalized spacial score (nSPS) is 14.5. The maximum atomic E-state index is 14.5. The molecule has 4 aromatic rings. The van der Waals surface area contributed by atoms with E-state index >= 15 is 0 Å². The highest BCUT2D eigenvalue weighted by molar-refractivity contribution is 5.77. The zero-order chi connectivity index (χ0) is 22.2. The number of benzene rings is 2. The average molecular weight is 430 g/mol. The van der Waals surface area contributed by atoms with E-state index in [1.54, 1.807) is 24.3 Å². The number of halogens is 4. The molecule has 0 spiro atoms. The number of hydrogen-bond acceptors (Lipinski definition) is 6. The van der Waals surface area contributed by atoms with E-state index in [1.165, 1.54) is 0 Å². The third-order valence-electron chi connectivity index (χ3n) is 4.84. The second-order valence-electron chi connectivity index (χ2n) is 6.69. The molecule has 0 bridgehead atoms. The number of nitrogens with zero attached hydrogens (tertiary/aromatic N) is 6. The molecule has 31 heavy (non-hydrogen) atoms. The Bertz CT molecular complexity index is 1250. The summed E-state index contributed by atoms with van der Waals surface area (Å²) in [7, 11) is 0. The Morgan fingerprint density at radius 2 is 1.90 bits per heavy atom. The van der Waals surface area contributed by atoms with Crippen LogP contribution in [0.15, 0.2) is 55.5 Å². The summed E-state index contributed by atoms with van der Waals surface area (Å²) < 4.78 is 57.4. The van der Waals surface area contributed by atoms with Gasteiger partial charge in [-0.05, 0) is 40.3 Å². The molecule has 7 nitrogen and oxygen atoms in total. The van der Waals surface area contributed by atoms with Crippen molar-refractivity contribution < 1.29 is 22.7 Å². The first-order chi connectivity index (χ1) is 14.8. The van der Waals surface area contributed by atoms with Gasteiger partial charge >= 0.3 is 0 Å². The fraction of sp³-hybridized carbons (Fsp3) is 0.150. The molecule has 4 rings (SSSR count). The molecule has 2 unspecified atom stereocenters. The third-order valence-corrected chi connectivity index (χ3v) is 4.84. The van der Waals surface area contributed by atoms with Crippen LogP contribution in [0.2, 0.25) is 0 Å². The summed E-state index contributed by atoms with van der Waals surface area (Å²) in [5, 5.41) is 21.6. The second kappa shape index (κ2) is 7.84. The van der Waals surface area contributed by atoms with Gasteiger partial charge in [-0.25, -0.2) is 27.2 Å². The Labute approximate surface area is 172 Å². The van der Waals surface area contributed by atoms with Crippen LogP contribution < -0.4 is 0 Å².